The molecule has 0 aliphatic rings. The van der Waals surface area contributed by atoms with Crippen LogP contribution in [0.2, 0.25) is 0 Å². The van der Waals surface area contributed by atoms with Crippen molar-refractivity contribution < 1.29 is 13.5 Å². The van der Waals surface area contributed by atoms with Gasteiger partial charge in [0.05, 0.1) is 22.3 Å². The molecular formula is C24H25N7O3S. The van der Waals surface area contributed by atoms with Crippen molar-refractivity contribution >= 4 is 16.4 Å². The monoisotopic (exact) mass is 491 g/mol. The number of aromatic nitrogens is 4. The van der Waals surface area contributed by atoms with E-state index >= 15 is 0 Å². The molecule has 2 heterocycles. The Labute approximate surface area is 204 Å². The lowest BCUT2D eigenvalue weighted by Gasteiger charge is -2.37. The fourth-order valence-electron chi connectivity index (χ4n) is 3.39. The van der Waals surface area contributed by atoms with Crippen LogP contribution in [-0.2, 0) is 6.54 Å². The molecule has 0 radical (unpaired) electrons. The Hall–Kier alpha value is -3.82. The third-order valence-electron chi connectivity index (χ3n) is 5.39. The molecule has 0 unspecified atom stereocenters. The van der Waals surface area contributed by atoms with Gasteiger partial charge in [-0.25, -0.2) is 9.97 Å². The Morgan fingerprint density at radius 3 is 2.43 bits per heavy atom. The van der Waals surface area contributed by atoms with Crippen LogP contribution in [0.4, 0.5) is 5.82 Å². The minimum atomic E-state index is -3.12. The third kappa shape index (κ3) is 4.87. The summed E-state index contributed by atoms with van der Waals surface area (Å²) in [6, 6.07) is 14.5. The molecule has 5 N–H and O–H groups in total. The maximum absolute atomic E-state index is 10.5. The van der Waals surface area contributed by atoms with Gasteiger partial charge in [0.15, 0.2) is 11.5 Å². The summed E-state index contributed by atoms with van der Waals surface area (Å²) < 4.78 is 26.9. The standard InChI is InChI=1S/C24H25N7O3S/c1-14(2)35(32,33)20-9-8-17(10-18(20)11-25)19-13-28-22(26)21(29-19)24-31-30-23(34-24)16-6-4-15(5-7-16)12-27-3/h4-10,13-14,27,32-33H,12H2,1-3H3,(H2,26,28). The molecule has 2 aromatic carbocycles. The average molecular weight is 492 g/mol. The minimum Gasteiger partial charge on any atom is -0.414 e. The van der Waals surface area contributed by atoms with Crippen LogP contribution in [0, 0.1) is 11.3 Å². The van der Waals surface area contributed by atoms with Crippen LogP contribution in [0.25, 0.3) is 34.3 Å². The molecule has 35 heavy (non-hydrogen) atoms. The number of hydrogen-bond acceptors (Lipinski definition) is 10. The quantitative estimate of drug-likeness (QED) is 0.288. The van der Waals surface area contributed by atoms with E-state index < -0.39 is 15.8 Å². The number of hydrogen-bond donors (Lipinski definition) is 4. The number of nitrogen functional groups attached to an aromatic ring is 1. The molecule has 0 atom stereocenters. The van der Waals surface area contributed by atoms with Crippen molar-refractivity contribution in [2.24, 2.45) is 0 Å². The first-order valence-corrected chi connectivity index (χ1v) is 12.4. The highest BCUT2D eigenvalue weighted by Crippen LogP contribution is 2.53. The molecule has 0 saturated carbocycles. The van der Waals surface area contributed by atoms with E-state index in [1.54, 1.807) is 26.0 Å². The first kappa shape index (κ1) is 24.3. The second-order valence-corrected chi connectivity index (χ2v) is 10.7. The lowest BCUT2D eigenvalue weighted by molar-refractivity contribution is 0.476. The SMILES string of the molecule is CNCc1ccc(-c2nnc(-c3nc(-c4ccc(S(O)(O)C(C)C)c(C#N)c4)cnc3N)o2)cc1. The van der Waals surface area contributed by atoms with Crippen molar-refractivity contribution in [1.82, 2.24) is 25.5 Å². The molecule has 0 amide bonds. The van der Waals surface area contributed by atoms with Gasteiger partial charge in [-0.15, -0.1) is 10.2 Å². The highest BCUT2D eigenvalue weighted by atomic mass is 32.3. The summed E-state index contributed by atoms with van der Waals surface area (Å²) in [4.78, 5) is 8.94. The zero-order valence-corrected chi connectivity index (χ0v) is 20.2. The zero-order valence-electron chi connectivity index (χ0n) is 19.4. The molecule has 11 heteroatoms. The molecule has 4 rings (SSSR count). The third-order valence-corrected chi connectivity index (χ3v) is 7.70. The van der Waals surface area contributed by atoms with E-state index in [-0.39, 0.29) is 27.9 Å². The van der Waals surface area contributed by atoms with Crippen LogP contribution < -0.4 is 11.1 Å². The van der Waals surface area contributed by atoms with Gasteiger partial charge in [0.25, 0.3) is 5.89 Å². The number of nitriles is 1. The van der Waals surface area contributed by atoms with E-state index in [1.807, 2.05) is 37.4 Å². The molecule has 10 nitrogen and oxygen atoms in total. The Kier molecular flexibility index (Phi) is 6.81. The Morgan fingerprint density at radius 2 is 1.77 bits per heavy atom. The zero-order chi connectivity index (χ0) is 25.2. The highest BCUT2D eigenvalue weighted by Gasteiger charge is 2.24. The second kappa shape index (κ2) is 9.81. The van der Waals surface area contributed by atoms with Gasteiger partial charge in [-0.05, 0) is 50.7 Å². The van der Waals surface area contributed by atoms with Gasteiger partial charge in [-0.2, -0.15) is 15.9 Å². The Morgan fingerprint density at radius 1 is 1.09 bits per heavy atom. The number of nitrogens with two attached hydrogens (primary N) is 1. The van der Waals surface area contributed by atoms with E-state index in [0.717, 1.165) is 17.7 Å². The van der Waals surface area contributed by atoms with Crippen molar-refractivity contribution in [2.45, 2.75) is 30.5 Å². The lowest BCUT2D eigenvalue weighted by Crippen LogP contribution is -2.12. The van der Waals surface area contributed by atoms with Crippen molar-refractivity contribution in [2.75, 3.05) is 12.8 Å². The number of rotatable bonds is 7. The summed E-state index contributed by atoms with van der Waals surface area (Å²) in [5.41, 5.74) is 9.25. The number of nitrogens with zero attached hydrogens (tertiary/aromatic N) is 5. The minimum absolute atomic E-state index is 0.109. The molecular weight excluding hydrogens is 466 g/mol. The summed E-state index contributed by atoms with van der Waals surface area (Å²) in [5.74, 6) is 0.536. The summed E-state index contributed by atoms with van der Waals surface area (Å²) in [6.07, 6.45) is 1.47. The molecule has 0 saturated heterocycles. The van der Waals surface area contributed by atoms with Gasteiger partial charge in [0.2, 0.25) is 5.89 Å². The summed E-state index contributed by atoms with van der Waals surface area (Å²) in [6.45, 7) is 4.13. The largest absolute Gasteiger partial charge is 0.414 e. The molecule has 0 bridgehead atoms. The first-order valence-electron chi connectivity index (χ1n) is 10.8. The number of nitrogens with one attached hydrogen (secondary N) is 1. The van der Waals surface area contributed by atoms with Crippen molar-refractivity contribution in [1.29, 1.82) is 5.26 Å². The molecule has 180 valence electrons. The molecule has 0 spiro atoms. The molecule has 0 aliphatic carbocycles. The smallest absolute Gasteiger partial charge is 0.270 e. The molecule has 2 aromatic heterocycles. The van der Waals surface area contributed by atoms with Crippen LogP contribution in [0.15, 0.2) is 58.0 Å². The molecule has 0 aliphatic heterocycles. The van der Waals surface area contributed by atoms with E-state index in [0.29, 0.717) is 17.1 Å². The van der Waals surface area contributed by atoms with Crippen LogP contribution in [0.1, 0.15) is 25.0 Å². The van der Waals surface area contributed by atoms with E-state index in [2.05, 4.69) is 25.5 Å². The van der Waals surface area contributed by atoms with Crippen LogP contribution in [-0.4, -0.2) is 41.6 Å². The average Bonchev–Trinajstić information content (AvgIpc) is 3.34. The predicted octanol–water partition coefficient (Wildman–Crippen LogP) is 4.55. The predicted molar refractivity (Wildman–Crippen MR) is 134 cm³/mol. The molecule has 4 aromatic rings. The normalized spacial score (nSPS) is 12.0. The van der Waals surface area contributed by atoms with Gasteiger partial charge < -0.3 is 15.5 Å². The highest BCUT2D eigenvalue weighted by molar-refractivity contribution is 8.24. The van der Waals surface area contributed by atoms with E-state index in [4.69, 9.17) is 10.2 Å². The van der Waals surface area contributed by atoms with Crippen LogP contribution >= 0.6 is 10.6 Å². The van der Waals surface area contributed by atoms with E-state index in [1.165, 1.54) is 12.3 Å². The summed E-state index contributed by atoms with van der Waals surface area (Å²) in [5, 5.41) is 20.5. The topological polar surface area (TPSA) is 167 Å². The fraction of sp³-hybridized carbons (Fsp3) is 0.208. The lowest BCUT2D eigenvalue weighted by atomic mass is 10.1. The van der Waals surface area contributed by atoms with Gasteiger partial charge in [-0.3, -0.25) is 9.11 Å². The Balaban J connectivity index is 1.68. The summed E-state index contributed by atoms with van der Waals surface area (Å²) >= 11 is 0. The number of anilines is 1. The van der Waals surface area contributed by atoms with Gasteiger partial charge >= 0.3 is 0 Å². The van der Waals surface area contributed by atoms with Crippen molar-refractivity contribution in [3.8, 4) is 40.4 Å². The maximum Gasteiger partial charge on any atom is 0.270 e. The van der Waals surface area contributed by atoms with Crippen LogP contribution in [0.3, 0.4) is 0 Å². The Bertz CT molecular complexity index is 1400. The van der Waals surface area contributed by atoms with Gasteiger partial charge in [0.1, 0.15) is 6.07 Å². The fourth-order valence-corrected chi connectivity index (χ4v) is 4.60. The molecule has 0 fully saturated rings. The van der Waals surface area contributed by atoms with Gasteiger partial charge in [-0.1, -0.05) is 18.2 Å². The second-order valence-electron chi connectivity index (χ2n) is 8.09. The summed E-state index contributed by atoms with van der Waals surface area (Å²) in [7, 11) is -1.24. The van der Waals surface area contributed by atoms with Gasteiger partial charge in [0, 0.05) is 22.9 Å². The van der Waals surface area contributed by atoms with Crippen molar-refractivity contribution in [3.63, 3.8) is 0 Å². The first-order chi connectivity index (χ1) is 16.7. The van der Waals surface area contributed by atoms with Crippen LogP contribution in [0.5, 0.6) is 0 Å². The van der Waals surface area contributed by atoms with Crippen molar-refractivity contribution in [3.05, 3.63) is 59.8 Å². The maximum atomic E-state index is 10.5. The number of benzene rings is 2. The van der Waals surface area contributed by atoms with E-state index in [9.17, 15) is 14.4 Å².